The van der Waals surface area contributed by atoms with Crippen LogP contribution in [0.5, 0.6) is 0 Å². The van der Waals surface area contributed by atoms with E-state index >= 15 is 0 Å². The van der Waals surface area contributed by atoms with E-state index < -0.39 is 0 Å². The molecule has 0 saturated heterocycles. The molecule has 1 aliphatic heterocycles. The molecule has 106 valence electrons. The fourth-order valence-electron chi connectivity index (χ4n) is 2.59. The van der Waals surface area contributed by atoms with Gasteiger partial charge in [0.2, 0.25) is 0 Å². The number of hydrogen-bond acceptors (Lipinski definition) is 3. The molecule has 5 heteroatoms. The molecule has 3 rings (SSSR count). The monoisotopic (exact) mass is 307 g/mol. The Labute approximate surface area is 128 Å². The van der Waals surface area contributed by atoms with Gasteiger partial charge in [0.15, 0.2) is 0 Å². The first-order valence-corrected chi connectivity index (χ1v) is 8.29. The van der Waals surface area contributed by atoms with E-state index in [1.165, 1.54) is 16.2 Å². The lowest BCUT2D eigenvalue weighted by atomic mass is 10.0. The molecule has 0 saturated carbocycles. The lowest BCUT2D eigenvalue weighted by molar-refractivity contribution is 0.496. The van der Waals surface area contributed by atoms with Crippen molar-refractivity contribution in [1.29, 1.82) is 0 Å². The molecule has 0 spiro atoms. The number of halogens is 1. The molecule has 0 aliphatic carbocycles. The van der Waals surface area contributed by atoms with Crippen LogP contribution in [-0.4, -0.2) is 15.3 Å². The molecule has 0 fully saturated rings. The van der Waals surface area contributed by atoms with Gasteiger partial charge in [-0.1, -0.05) is 11.6 Å². The second-order valence-electron chi connectivity index (χ2n) is 4.92. The van der Waals surface area contributed by atoms with E-state index in [0.29, 0.717) is 6.04 Å². The molecule has 1 aromatic heterocycles. The second-order valence-corrected chi connectivity index (χ2v) is 6.50. The number of aromatic nitrogens is 2. The van der Waals surface area contributed by atoms with Gasteiger partial charge in [-0.25, -0.2) is 4.98 Å². The predicted octanol–water partition coefficient (Wildman–Crippen LogP) is 3.88. The van der Waals surface area contributed by atoms with E-state index in [0.717, 1.165) is 30.3 Å². The Morgan fingerprint density at radius 3 is 3.25 bits per heavy atom. The summed E-state index contributed by atoms with van der Waals surface area (Å²) in [7, 11) is 0. The van der Waals surface area contributed by atoms with Crippen molar-refractivity contribution >= 4 is 23.4 Å². The molecule has 1 aliphatic rings. The predicted molar refractivity (Wildman–Crippen MR) is 84.3 cm³/mol. The molecular formula is C15H18ClN3S. The minimum Gasteiger partial charge on any atom is -0.334 e. The van der Waals surface area contributed by atoms with Crippen LogP contribution in [0.3, 0.4) is 0 Å². The van der Waals surface area contributed by atoms with E-state index in [-0.39, 0.29) is 0 Å². The summed E-state index contributed by atoms with van der Waals surface area (Å²) in [6.07, 6.45) is 4.96. The number of thioether (sulfide) groups is 1. The van der Waals surface area contributed by atoms with Gasteiger partial charge in [0.05, 0.1) is 12.0 Å². The van der Waals surface area contributed by atoms with E-state index in [2.05, 4.69) is 33.9 Å². The van der Waals surface area contributed by atoms with Crippen molar-refractivity contribution < 1.29 is 0 Å². The second kappa shape index (κ2) is 6.20. The minimum absolute atomic E-state index is 0.380. The van der Waals surface area contributed by atoms with Gasteiger partial charge in [-0.2, -0.15) is 0 Å². The third kappa shape index (κ3) is 2.87. The van der Waals surface area contributed by atoms with Crippen molar-refractivity contribution in [3.8, 4) is 0 Å². The summed E-state index contributed by atoms with van der Waals surface area (Å²) in [4.78, 5) is 5.56. The molecule has 0 radical (unpaired) electrons. The summed E-state index contributed by atoms with van der Waals surface area (Å²) in [6.45, 7) is 3.94. The van der Waals surface area contributed by atoms with Crippen molar-refractivity contribution in [2.75, 3.05) is 5.75 Å². The Hall–Kier alpha value is -0.970. The number of benzene rings is 1. The largest absolute Gasteiger partial charge is 0.334 e. The molecule has 1 unspecified atom stereocenters. The number of aryl methyl sites for hydroxylation is 1. The van der Waals surface area contributed by atoms with Crippen LogP contribution in [0.25, 0.3) is 0 Å². The van der Waals surface area contributed by atoms with Gasteiger partial charge in [0.1, 0.15) is 0 Å². The Morgan fingerprint density at radius 2 is 2.40 bits per heavy atom. The average Bonchev–Trinajstić information content (AvgIpc) is 2.92. The number of fused-ring (bicyclic) bond motifs is 1. The lowest BCUT2D eigenvalue weighted by Crippen LogP contribution is -2.25. The number of hydrogen-bond donors (Lipinski definition) is 1. The molecule has 1 atom stereocenters. The SMILES string of the molecule is CCn1cncc1CNC1CCSc2ccc(Cl)cc21. The minimum atomic E-state index is 0.380. The Morgan fingerprint density at radius 1 is 1.50 bits per heavy atom. The van der Waals surface area contributed by atoms with Gasteiger partial charge in [-0.3, -0.25) is 0 Å². The molecule has 2 heterocycles. The van der Waals surface area contributed by atoms with Crippen LogP contribution >= 0.6 is 23.4 Å². The van der Waals surface area contributed by atoms with Crippen LogP contribution in [-0.2, 0) is 13.1 Å². The zero-order valence-electron chi connectivity index (χ0n) is 11.5. The number of rotatable bonds is 4. The Balaban J connectivity index is 1.75. The van der Waals surface area contributed by atoms with Crippen molar-refractivity contribution in [2.45, 2.75) is 37.4 Å². The maximum atomic E-state index is 6.14. The fraction of sp³-hybridized carbons (Fsp3) is 0.400. The van der Waals surface area contributed by atoms with E-state index in [9.17, 15) is 0 Å². The summed E-state index contributed by atoms with van der Waals surface area (Å²) in [5.74, 6) is 1.15. The first kappa shape index (κ1) is 14.0. The first-order valence-electron chi connectivity index (χ1n) is 6.92. The Bertz CT molecular complexity index is 597. The zero-order valence-corrected chi connectivity index (χ0v) is 13.0. The number of imidazole rings is 1. The molecule has 3 nitrogen and oxygen atoms in total. The van der Waals surface area contributed by atoms with Crippen molar-refractivity contribution in [3.05, 3.63) is 47.0 Å². The zero-order chi connectivity index (χ0) is 13.9. The standard InChI is InChI=1S/C15H18ClN3S/c1-2-19-10-17-8-12(19)9-18-14-5-6-20-15-4-3-11(16)7-13(14)15/h3-4,7-8,10,14,18H,2,5-6,9H2,1H3. The highest BCUT2D eigenvalue weighted by atomic mass is 35.5. The number of nitrogens with one attached hydrogen (secondary N) is 1. The van der Waals surface area contributed by atoms with E-state index in [1.54, 1.807) is 0 Å². The van der Waals surface area contributed by atoms with Gasteiger partial charge < -0.3 is 9.88 Å². The molecule has 0 bridgehead atoms. The van der Waals surface area contributed by atoms with Gasteiger partial charge in [-0.05, 0) is 42.9 Å². The molecule has 1 N–H and O–H groups in total. The molecule has 2 aromatic rings. The van der Waals surface area contributed by atoms with Crippen molar-refractivity contribution in [3.63, 3.8) is 0 Å². The van der Waals surface area contributed by atoms with Gasteiger partial charge in [0, 0.05) is 35.2 Å². The van der Waals surface area contributed by atoms with Crippen LogP contribution in [0.2, 0.25) is 5.02 Å². The first-order chi connectivity index (χ1) is 9.78. The highest BCUT2D eigenvalue weighted by molar-refractivity contribution is 7.99. The van der Waals surface area contributed by atoms with Crippen molar-refractivity contribution in [2.24, 2.45) is 0 Å². The summed E-state index contributed by atoms with van der Waals surface area (Å²) in [5.41, 5.74) is 2.56. The quantitative estimate of drug-likeness (QED) is 0.929. The highest BCUT2D eigenvalue weighted by Gasteiger charge is 2.20. The molecule has 20 heavy (non-hydrogen) atoms. The van der Waals surface area contributed by atoms with Crippen molar-refractivity contribution in [1.82, 2.24) is 14.9 Å². The molecule has 1 aromatic carbocycles. The fourth-order valence-corrected chi connectivity index (χ4v) is 3.87. The van der Waals surface area contributed by atoms with Crippen LogP contribution in [0, 0.1) is 0 Å². The summed E-state index contributed by atoms with van der Waals surface area (Å²) < 4.78 is 2.17. The average molecular weight is 308 g/mol. The summed E-state index contributed by atoms with van der Waals surface area (Å²) in [6, 6.07) is 6.58. The van der Waals surface area contributed by atoms with Crippen LogP contribution in [0.1, 0.15) is 30.6 Å². The maximum absolute atomic E-state index is 6.14. The van der Waals surface area contributed by atoms with Gasteiger partial charge in [0.25, 0.3) is 0 Å². The smallest absolute Gasteiger partial charge is 0.0948 e. The van der Waals surface area contributed by atoms with Crippen LogP contribution < -0.4 is 5.32 Å². The third-order valence-electron chi connectivity index (χ3n) is 3.68. The Kier molecular flexibility index (Phi) is 4.34. The van der Waals surface area contributed by atoms with Crippen LogP contribution in [0.15, 0.2) is 35.6 Å². The maximum Gasteiger partial charge on any atom is 0.0948 e. The normalized spacial score (nSPS) is 18.0. The number of nitrogens with zero attached hydrogens (tertiary/aromatic N) is 2. The highest BCUT2D eigenvalue weighted by Crippen LogP contribution is 2.37. The van der Waals surface area contributed by atoms with Gasteiger partial charge in [-0.15, -0.1) is 11.8 Å². The lowest BCUT2D eigenvalue weighted by Gasteiger charge is -2.26. The summed E-state index contributed by atoms with van der Waals surface area (Å²) >= 11 is 8.05. The van der Waals surface area contributed by atoms with Gasteiger partial charge >= 0.3 is 0 Å². The topological polar surface area (TPSA) is 29.9 Å². The van der Waals surface area contributed by atoms with Crippen LogP contribution in [0.4, 0.5) is 0 Å². The van der Waals surface area contributed by atoms with E-state index in [4.69, 9.17) is 11.6 Å². The molecular weight excluding hydrogens is 290 g/mol. The van der Waals surface area contributed by atoms with E-state index in [1.807, 2.05) is 30.4 Å². The third-order valence-corrected chi connectivity index (χ3v) is 5.04. The molecule has 0 amide bonds. The summed E-state index contributed by atoms with van der Waals surface area (Å²) in [5, 5.41) is 4.47.